The Bertz CT molecular complexity index is 925. The van der Waals surface area contributed by atoms with Gasteiger partial charge in [-0.2, -0.15) is 0 Å². The number of hydrogen-bond donors (Lipinski definition) is 1. The third-order valence-electron chi connectivity index (χ3n) is 5.17. The smallest absolute Gasteiger partial charge is 0.180 e. The molecule has 5 heteroatoms. The highest BCUT2D eigenvalue weighted by atomic mass is 16.1. The summed E-state index contributed by atoms with van der Waals surface area (Å²) in [6.07, 6.45) is 12.2. The quantitative estimate of drug-likeness (QED) is 0.431. The van der Waals surface area contributed by atoms with Crippen molar-refractivity contribution in [2.75, 3.05) is 11.9 Å². The fourth-order valence-electron chi connectivity index (χ4n) is 3.37. The van der Waals surface area contributed by atoms with Crippen LogP contribution in [0.3, 0.4) is 0 Å². The number of benzene rings is 1. The largest absolute Gasteiger partial charge is 0.367 e. The van der Waals surface area contributed by atoms with Gasteiger partial charge < -0.3 is 5.32 Å². The number of nitrogens with zero attached hydrogens (tertiary/aromatic N) is 3. The molecular weight excluding hydrogens is 336 g/mol. The Morgan fingerprint density at radius 3 is 2.74 bits per heavy atom. The molecule has 1 fully saturated rings. The molecule has 0 aliphatic heterocycles. The maximum Gasteiger partial charge on any atom is 0.180 e. The molecule has 0 atom stereocenters. The van der Waals surface area contributed by atoms with Crippen LogP contribution in [0.15, 0.2) is 42.9 Å². The van der Waals surface area contributed by atoms with Crippen LogP contribution >= 0.6 is 0 Å². The van der Waals surface area contributed by atoms with E-state index in [-0.39, 0.29) is 5.78 Å². The average Bonchev–Trinajstić information content (AvgIpc) is 3.40. The topological polar surface area (TPSA) is 59.3 Å². The Morgan fingerprint density at radius 2 is 2.00 bits per heavy atom. The molecule has 0 unspecified atom stereocenters. The first kappa shape index (κ1) is 17.7. The number of rotatable bonds is 9. The van der Waals surface area contributed by atoms with Crippen molar-refractivity contribution >= 4 is 17.2 Å². The second kappa shape index (κ2) is 7.91. The number of aromatic nitrogens is 3. The van der Waals surface area contributed by atoms with Gasteiger partial charge >= 0.3 is 0 Å². The van der Waals surface area contributed by atoms with Gasteiger partial charge in [0.2, 0.25) is 0 Å². The van der Waals surface area contributed by atoms with Crippen molar-refractivity contribution < 1.29 is 4.79 Å². The van der Waals surface area contributed by atoms with E-state index in [4.69, 9.17) is 0 Å². The zero-order valence-corrected chi connectivity index (χ0v) is 15.8. The van der Waals surface area contributed by atoms with Crippen LogP contribution in [0.2, 0.25) is 0 Å². The van der Waals surface area contributed by atoms with E-state index >= 15 is 0 Å². The van der Waals surface area contributed by atoms with E-state index in [2.05, 4.69) is 26.6 Å². The second-order valence-corrected chi connectivity index (χ2v) is 7.39. The number of Topliss-reactive ketones (excluding diaryl/α,β-unsaturated/α-hetero) is 1. The molecule has 1 aromatic carbocycles. The van der Waals surface area contributed by atoms with E-state index in [1.165, 1.54) is 25.7 Å². The summed E-state index contributed by atoms with van der Waals surface area (Å²) in [7, 11) is 0. The molecule has 2 aromatic heterocycles. The standard InChI is InChI=1S/C22H26N4O/c1-2-3-4-11-23-21-22-25-15-19(26(22)13-12-24-21)17-7-9-18(10-8-17)20(27)14-16-5-6-16/h7-10,12-13,15-16H,2-6,11,14H2,1H3,(H,23,24). The summed E-state index contributed by atoms with van der Waals surface area (Å²) in [4.78, 5) is 21.3. The van der Waals surface area contributed by atoms with Crippen LogP contribution in [0.25, 0.3) is 16.9 Å². The summed E-state index contributed by atoms with van der Waals surface area (Å²) in [5.74, 6) is 1.69. The number of anilines is 1. The van der Waals surface area contributed by atoms with Crippen molar-refractivity contribution in [1.82, 2.24) is 14.4 Å². The molecule has 3 aromatic rings. The van der Waals surface area contributed by atoms with E-state index in [9.17, 15) is 4.79 Å². The second-order valence-electron chi connectivity index (χ2n) is 7.39. The number of nitrogens with one attached hydrogen (secondary N) is 1. The van der Waals surface area contributed by atoms with Gasteiger partial charge in [0.05, 0.1) is 11.9 Å². The number of carbonyl (C=O) groups excluding carboxylic acids is 1. The molecule has 0 spiro atoms. The van der Waals surface area contributed by atoms with Crippen LogP contribution in [-0.2, 0) is 0 Å². The molecule has 140 valence electrons. The fraction of sp³-hybridized carbons (Fsp3) is 0.409. The summed E-state index contributed by atoms with van der Waals surface area (Å²) >= 11 is 0. The lowest BCUT2D eigenvalue weighted by molar-refractivity contribution is 0.0976. The Balaban J connectivity index is 1.54. The van der Waals surface area contributed by atoms with Gasteiger partial charge in [0, 0.05) is 36.5 Å². The highest BCUT2D eigenvalue weighted by molar-refractivity contribution is 5.96. The minimum atomic E-state index is 0.255. The van der Waals surface area contributed by atoms with Gasteiger partial charge in [-0.15, -0.1) is 0 Å². The lowest BCUT2D eigenvalue weighted by atomic mass is 10.0. The van der Waals surface area contributed by atoms with Crippen LogP contribution in [0.1, 0.15) is 55.8 Å². The molecule has 1 N–H and O–H groups in total. The normalized spacial score (nSPS) is 13.8. The Kier molecular flexibility index (Phi) is 5.19. The highest BCUT2D eigenvalue weighted by Crippen LogP contribution is 2.33. The highest BCUT2D eigenvalue weighted by Gasteiger charge is 2.24. The van der Waals surface area contributed by atoms with Gasteiger partial charge in [-0.25, -0.2) is 9.97 Å². The molecule has 0 saturated heterocycles. The van der Waals surface area contributed by atoms with Gasteiger partial charge in [-0.05, 0) is 25.2 Å². The summed E-state index contributed by atoms with van der Waals surface area (Å²) in [6, 6.07) is 7.89. The lowest BCUT2D eigenvalue weighted by Gasteiger charge is -2.08. The molecule has 0 amide bonds. The van der Waals surface area contributed by atoms with Crippen LogP contribution in [0.4, 0.5) is 5.82 Å². The molecule has 4 rings (SSSR count). The average molecular weight is 362 g/mol. The summed E-state index contributed by atoms with van der Waals surface area (Å²) in [5, 5.41) is 3.40. The number of ketones is 1. The van der Waals surface area contributed by atoms with E-state index < -0.39 is 0 Å². The van der Waals surface area contributed by atoms with Crippen LogP contribution in [0, 0.1) is 5.92 Å². The zero-order chi connectivity index (χ0) is 18.6. The first-order valence-electron chi connectivity index (χ1n) is 9.96. The van der Waals surface area contributed by atoms with E-state index in [1.54, 1.807) is 6.20 Å². The summed E-state index contributed by atoms with van der Waals surface area (Å²) in [5.41, 5.74) is 3.69. The van der Waals surface area contributed by atoms with Crippen molar-refractivity contribution in [3.05, 3.63) is 48.4 Å². The van der Waals surface area contributed by atoms with Crippen molar-refractivity contribution in [2.45, 2.75) is 45.4 Å². The van der Waals surface area contributed by atoms with Crippen molar-refractivity contribution in [1.29, 1.82) is 0 Å². The molecule has 0 bridgehead atoms. The molecule has 1 aliphatic carbocycles. The summed E-state index contributed by atoms with van der Waals surface area (Å²) < 4.78 is 2.05. The van der Waals surface area contributed by atoms with Gasteiger partial charge in [0.15, 0.2) is 17.2 Å². The van der Waals surface area contributed by atoms with Gasteiger partial charge in [-0.1, -0.05) is 44.0 Å². The van der Waals surface area contributed by atoms with Gasteiger partial charge in [-0.3, -0.25) is 9.20 Å². The fourth-order valence-corrected chi connectivity index (χ4v) is 3.37. The van der Waals surface area contributed by atoms with Crippen LogP contribution < -0.4 is 5.32 Å². The van der Waals surface area contributed by atoms with E-state index in [0.717, 1.165) is 41.3 Å². The Hall–Kier alpha value is -2.69. The predicted molar refractivity (Wildman–Crippen MR) is 108 cm³/mol. The van der Waals surface area contributed by atoms with Crippen LogP contribution in [-0.4, -0.2) is 26.7 Å². The molecule has 1 aliphatic rings. The first-order chi connectivity index (χ1) is 13.3. The Labute approximate surface area is 159 Å². The predicted octanol–water partition coefficient (Wildman–Crippen LogP) is 4.98. The Morgan fingerprint density at radius 1 is 1.19 bits per heavy atom. The maximum absolute atomic E-state index is 12.3. The first-order valence-corrected chi connectivity index (χ1v) is 9.96. The van der Waals surface area contributed by atoms with Gasteiger partial charge in [0.25, 0.3) is 0 Å². The third kappa shape index (κ3) is 4.02. The van der Waals surface area contributed by atoms with E-state index in [1.807, 2.05) is 36.7 Å². The minimum Gasteiger partial charge on any atom is -0.367 e. The van der Waals surface area contributed by atoms with Gasteiger partial charge in [0.1, 0.15) is 0 Å². The number of unbranched alkanes of at least 4 members (excludes halogenated alkanes) is 2. The molecule has 1 saturated carbocycles. The monoisotopic (exact) mass is 362 g/mol. The number of hydrogen-bond acceptors (Lipinski definition) is 4. The summed E-state index contributed by atoms with van der Waals surface area (Å²) in [6.45, 7) is 3.10. The van der Waals surface area contributed by atoms with Crippen molar-refractivity contribution in [3.63, 3.8) is 0 Å². The minimum absolute atomic E-state index is 0.255. The van der Waals surface area contributed by atoms with E-state index in [0.29, 0.717) is 12.3 Å². The lowest BCUT2D eigenvalue weighted by Crippen LogP contribution is -2.05. The zero-order valence-electron chi connectivity index (χ0n) is 15.8. The molecule has 2 heterocycles. The SMILES string of the molecule is CCCCCNc1nccn2c(-c3ccc(C(=O)CC4CC4)cc3)cnc12. The molecule has 5 nitrogen and oxygen atoms in total. The number of fused-ring (bicyclic) bond motifs is 1. The molecular formula is C22H26N4O. The third-order valence-corrected chi connectivity index (χ3v) is 5.17. The maximum atomic E-state index is 12.3. The van der Waals surface area contributed by atoms with Crippen molar-refractivity contribution in [3.8, 4) is 11.3 Å². The molecule has 27 heavy (non-hydrogen) atoms. The molecule has 0 radical (unpaired) electrons. The number of carbonyl (C=O) groups is 1. The van der Waals surface area contributed by atoms with Crippen LogP contribution in [0.5, 0.6) is 0 Å². The van der Waals surface area contributed by atoms with Crippen molar-refractivity contribution in [2.24, 2.45) is 5.92 Å². The number of imidazole rings is 1.